The molecule has 1 heterocycles. The highest BCUT2D eigenvalue weighted by molar-refractivity contribution is 5.96. The van der Waals surface area contributed by atoms with Crippen molar-refractivity contribution in [3.8, 4) is 0 Å². The van der Waals surface area contributed by atoms with Crippen molar-refractivity contribution in [2.45, 2.75) is 45.8 Å². The number of hydrogen-bond acceptors (Lipinski definition) is 3. The number of ether oxygens (including phenoxy) is 1. The molecule has 0 spiro atoms. The zero-order valence-electron chi connectivity index (χ0n) is 13.0. The van der Waals surface area contributed by atoms with Crippen molar-refractivity contribution in [2.75, 3.05) is 18.8 Å². The lowest BCUT2D eigenvalue weighted by Gasteiger charge is -2.47. The van der Waals surface area contributed by atoms with Gasteiger partial charge in [-0.15, -0.1) is 0 Å². The van der Waals surface area contributed by atoms with Gasteiger partial charge in [0.25, 0.3) is 5.91 Å². The van der Waals surface area contributed by atoms with Crippen LogP contribution in [0.25, 0.3) is 0 Å². The number of hydrogen-bond donors (Lipinski definition) is 1. The largest absolute Gasteiger partial charge is 0.399 e. The van der Waals surface area contributed by atoms with Crippen LogP contribution in [-0.2, 0) is 4.74 Å². The molecule has 110 valence electrons. The fourth-order valence-corrected chi connectivity index (χ4v) is 2.97. The molecule has 0 bridgehead atoms. The van der Waals surface area contributed by atoms with Crippen molar-refractivity contribution < 1.29 is 9.53 Å². The Morgan fingerprint density at radius 3 is 2.30 bits per heavy atom. The summed E-state index contributed by atoms with van der Waals surface area (Å²) >= 11 is 0. The number of carbonyl (C=O) groups excluding carboxylic acids is 1. The standard InChI is InChI=1S/C16H24N2O2/c1-11-6-7-12(17)8-13(11)14(19)18-9-15(2,3)20-16(4,5)10-18/h6-8H,9-10,17H2,1-5H3. The maximum Gasteiger partial charge on any atom is 0.254 e. The first-order valence-electron chi connectivity index (χ1n) is 6.95. The van der Waals surface area contributed by atoms with E-state index < -0.39 is 0 Å². The van der Waals surface area contributed by atoms with Gasteiger partial charge in [0.1, 0.15) is 0 Å². The van der Waals surface area contributed by atoms with Crippen LogP contribution >= 0.6 is 0 Å². The van der Waals surface area contributed by atoms with Crippen molar-refractivity contribution in [3.63, 3.8) is 0 Å². The summed E-state index contributed by atoms with van der Waals surface area (Å²) in [6.07, 6.45) is 0. The van der Waals surface area contributed by atoms with Crippen LogP contribution < -0.4 is 5.73 Å². The van der Waals surface area contributed by atoms with E-state index in [1.165, 1.54) is 0 Å². The minimum Gasteiger partial charge on any atom is -0.399 e. The average Bonchev–Trinajstić information content (AvgIpc) is 2.27. The van der Waals surface area contributed by atoms with Gasteiger partial charge in [-0.05, 0) is 52.3 Å². The number of nitrogens with two attached hydrogens (primary N) is 1. The van der Waals surface area contributed by atoms with E-state index in [1.54, 1.807) is 6.07 Å². The Kier molecular flexibility index (Phi) is 3.54. The number of rotatable bonds is 1. The second-order valence-corrected chi connectivity index (χ2v) is 6.86. The van der Waals surface area contributed by atoms with Crippen LogP contribution in [0.2, 0.25) is 0 Å². The number of morpholine rings is 1. The maximum atomic E-state index is 12.8. The van der Waals surface area contributed by atoms with E-state index in [2.05, 4.69) is 0 Å². The number of carbonyl (C=O) groups is 1. The molecule has 1 fully saturated rings. The Hall–Kier alpha value is -1.55. The molecule has 0 saturated carbocycles. The summed E-state index contributed by atoms with van der Waals surface area (Å²) in [5.41, 5.74) is 7.37. The number of amides is 1. The molecule has 1 saturated heterocycles. The van der Waals surface area contributed by atoms with Gasteiger partial charge in [0, 0.05) is 24.3 Å². The summed E-state index contributed by atoms with van der Waals surface area (Å²) in [5, 5.41) is 0. The molecule has 1 amide bonds. The van der Waals surface area contributed by atoms with Crippen molar-refractivity contribution in [2.24, 2.45) is 0 Å². The smallest absolute Gasteiger partial charge is 0.254 e. The van der Waals surface area contributed by atoms with Gasteiger partial charge in [0.15, 0.2) is 0 Å². The topological polar surface area (TPSA) is 55.6 Å². The van der Waals surface area contributed by atoms with Gasteiger partial charge >= 0.3 is 0 Å². The summed E-state index contributed by atoms with van der Waals surface area (Å²) in [6, 6.07) is 5.46. The van der Waals surface area contributed by atoms with Crippen molar-refractivity contribution >= 4 is 11.6 Å². The van der Waals surface area contributed by atoms with E-state index in [0.29, 0.717) is 24.3 Å². The SMILES string of the molecule is Cc1ccc(N)cc1C(=O)N1CC(C)(C)OC(C)(C)C1. The molecule has 20 heavy (non-hydrogen) atoms. The maximum absolute atomic E-state index is 12.8. The second kappa shape index (κ2) is 4.77. The Morgan fingerprint density at radius 1 is 1.20 bits per heavy atom. The molecule has 0 radical (unpaired) electrons. The summed E-state index contributed by atoms with van der Waals surface area (Å²) < 4.78 is 6.01. The Bertz CT molecular complexity index is 519. The highest BCUT2D eigenvalue weighted by atomic mass is 16.5. The van der Waals surface area contributed by atoms with E-state index in [0.717, 1.165) is 5.56 Å². The molecule has 1 aromatic carbocycles. The third-order valence-electron chi connectivity index (χ3n) is 3.48. The number of anilines is 1. The molecule has 2 N–H and O–H groups in total. The number of aryl methyl sites for hydroxylation is 1. The van der Waals surface area contributed by atoms with E-state index in [-0.39, 0.29) is 17.1 Å². The Balaban J connectivity index is 2.31. The molecule has 0 atom stereocenters. The monoisotopic (exact) mass is 276 g/mol. The van der Waals surface area contributed by atoms with Crippen LogP contribution in [0, 0.1) is 6.92 Å². The van der Waals surface area contributed by atoms with Crippen molar-refractivity contribution in [1.29, 1.82) is 0 Å². The second-order valence-electron chi connectivity index (χ2n) is 6.86. The Morgan fingerprint density at radius 2 is 1.75 bits per heavy atom. The first kappa shape index (κ1) is 14.9. The Labute approximate surface area is 120 Å². The van der Waals surface area contributed by atoms with Crippen LogP contribution in [0.3, 0.4) is 0 Å². The molecule has 1 aliphatic rings. The van der Waals surface area contributed by atoms with Crippen molar-refractivity contribution in [1.82, 2.24) is 4.90 Å². The quantitative estimate of drug-likeness (QED) is 0.802. The van der Waals surface area contributed by atoms with Gasteiger partial charge in [-0.2, -0.15) is 0 Å². The summed E-state index contributed by atoms with van der Waals surface area (Å²) in [6.45, 7) is 11.2. The first-order valence-corrected chi connectivity index (χ1v) is 6.95. The summed E-state index contributed by atoms with van der Waals surface area (Å²) in [4.78, 5) is 14.6. The van der Waals surface area contributed by atoms with Crippen LogP contribution in [0.15, 0.2) is 18.2 Å². The minimum atomic E-state index is -0.342. The zero-order chi connectivity index (χ0) is 15.1. The van der Waals surface area contributed by atoms with E-state index in [1.807, 2.05) is 51.7 Å². The van der Waals surface area contributed by atoms with Gasteiger partial charge in [-0.3, -0.25) is 4.79 Å². The van der Waals surface area contributed by atoms with E-state index >= 15 is 0 Å². The molecule has 1 aliphatic heterocycles. The fraction of sp³-hybridized carbons (Fsp3) is 0.562. The van der Waals surface area contributed by atoms with Crippen LogP contribution in [0.5, 0.6) is 0 Å². The number of benzene rings is 1. The highest BCUT2D eigenvalue weighted by Gasteiger charge is 2.40. The number of nitrogen functional groups attached to an aromatic ring is 1. The lowest BCUT2D eigenvalue weighted by Crippen LogP contribution is -2.58. The molecule has 4 heteroatoms. The van der Waals surface area contributed by atoms with Gasteiger partial charge in [-0.25, -0.2) is 0 Å². The third kappa shape index (κ3) is 3.12. The van der Waals surface area contributed by atoms with E-state index in [4.69, 9.17) is 10.5 Å². The average molecular weight is 276 g/mol. The molecular formula is C16H24N2O2. The minimum absolute atomic E-state index is 0.0271. The normalized spacial score (nSPS) is 20.8. The number of nitrogens with zero attached hydrogens (tertiary/aromatic N) is 1. The molecule has 2 rings (SSSR count). The van der Waals surface area contributed by atoms with Crippen molar-refractivity contribution in [3.05, 3.63) is 29.3 Å². The molecule has 4 nitrogen and oxygen atoms in total. The molecule has 0 aromatic heterocycles. The van der Waals surface area contributed by atoms with Crippen LogP contribution in [0.4, 0.5) is 5.69 Å². The fourth-order valence-electron chi connectivity index (χ4n) is 2.97. The molecule has 0 aliphatic carbocycles. The first-order chi connectivity index (χ1) is 9.10. The predicted molar refractivity (Wildman–Crippen MR) is 80.7 cm³/mol. The summed E-state index contributed by atoms with van der Waals surface area (Å²) in [7, 11) is 0. The summed E-state index contributed by atoms with van der Waals surface area (Å²) in [5.74, 6) is 0.0271. The molecular weight excluding hydrogens is 252 g/mol. The van der Waals surface area contributed by atoms with Gasteiger partial charge < -0.3 is 15.4 Å². The van der Waals surface area contributed by atoms with Gasteiger partial charge in [-0.1, -0.05) is 6.07 Å². The van der Waals surface area contributed by atoms with Gasteiger partial charge in [0.2, 0.25) is 0 Å². The lowest BCUT2D eigenvalue weighted by molar-refractivity contribution is -0.171. The molecule has 0 unspecified atom stereocenters. The van der Waals surface area contributed by atoms with Crippen LogP contribution in [0.1, 0.15) is 43.6 Å². The third-order valence-corrected chi connectivity index (χ3v) is 3.48. The lowest BCUT2D eigenvalue weighted by atomic mass is 9.97. The predicted octanol–water partition coefficient (Wildman–Crippen LogP) is 2.61. The van der Waals surface area contributed by atoms with Crippen LogP contribution in [-0.4, -0.2) is 35.1 Å². The zero-order valence-corrected chi connectivity index (χ0v) is 13.0. The molecule has 1 aromatic rings. The van der Waals surface area contributed by atoms with Gasteiger partial charge in [0.05, 0.1) is 11.2 Å². The highest BCUT2D eigenvalue weighted by Crippen LogP contribution is 2.29. The van der Waals surface area contributed by atoms with E-state index in [9.17, 15) is 4.79 Å².